The second-order valence-electron chi connectivity index (χ2n) is 14.4. The number of para-hydroxylation sites is 4. The lowest BCUT2D eigenvalue weighted by atomic mass is 10.2. The van der Waals surface area contributed by atoms with Crippen molar-refractivity contribution in [2.24, 2.45) is 0 Å². The topological polar surface area (TPSA) is 48.5 Å². The quantitative estimate of drug-likeness (QED) is 0.121. The van der Waals surface area contributed by atoms with E-state index in [0.29, 0.717) is 17.7 Å². The van der Waals surface area contributed by atoms with Gasteiger partial charge >= 0.3 is 0 Å². The fourth-order valence-corrected chi connectivity index (χ4v) is 13.6. The zero-order valence-electron chi connectivity index (χ0n) is 30.9. The summed E-state index contributed by atoms with van der Waals surface area (Å²) in [6.45, 7) is 0. The highest BCUT2D eigenvalue weighted by Gasteiger charge is 2.41. The summed E-state index contributed by atoms with van der Waals surface area (Å²) in [6, 6.07) is 76.0. The number of nitrogens with zero attached hydrogens (tertiary/aromatic N) is 5. The molecule has 8 aromatic carbocycles. The molecule has 268 valence electrons. The van der Waals surface area contributed by atoms with Gasteiger partial charge in [0.1, 0.15) is 0 Å². The fraction of sp³-hybridized carbons (Fsp3) is 0. The maximum atomic E-state index is 5.33. The van der Waals surface area contributed by atoms with Gasteiger partial charge in [0.05, 0.1) is 22.1 Å². The van der Waals surface area contributed by atoms with E-state index < -0.39 is 8.07 Å². The van der Waals surface area contributed by atoms with Gasteiger partial charge in [0.15, 0.2) is 13.9 Å². The maximum absolute atomic E-state index is 5.33. The molecule has 0 N–H and O–H groups in total. The molecule has 6 heteroatoms. The van der Waals surface area contributed by atoms with Crippen LogP contribution in [-0.2, 0) is 0 Å². The summed E-state index contributed by atoms with van der Waals surface area (Å²) in [6.07, 6.45) is 0. The molecule has 0 saturated carbocycles. The van der Waals surface area contributed by atoms with Gasteiger partial charge in [0.25, 0.3) is 0 Å². The number of rotatable bonds is 7. The Morgan fingerprint density at radius 1 is 0.281 bits per heavy atom. The molecular weight excluding hydrogens is 711 g/mol. The predicted molar refractivity (Wildman–Crippen MR) is 238 cm³/mol. The zero-order chi connectivity index (χ0) is 37.8. The largest absolute Gasteiger partial charge is 0.278 e. The lowest BCUT2D eigenvalue weighted by molar-refractivity contribution is 0.893. The molecule has 3 aromatic heterocycles. The SMILES string of the molecule is c1ccc([Si](c2ccccc2)(c2ccccc2)c2ccc(-c3nc(-n4c5ccccc5c5ccccc54)nc(-n4c5ccccc5c5ccccc54)n3)cc2)cc1. The summed E-state index contributed by atoms with van der Waals surface area (Å²) in [4.78, 5) is 16.0. The van der Waals surface area contributed by atoms with E-state index in [1.54, 1.807) is 0 Å². The average Bonchev–Trinajstić information content (AvgIpc) is 3.81. The van der Waals surface area contributed by atoms with Crippen molar-refractivity contribution in [2.45, 2.75) is 0 Å². The number of aromatic nitrogens is 5. The Hall–Kier alpha value is -7.41. The first-order valence-corrected chi connectivity index (χ1v) is 21.3. The van der Waals surface area contributed by atoms with Crippen molar-refractivity contribution < 1.29 is 0 Å². The highest BCUT2D eigenvalue weighted by molar-refractivity contribution is 7.19. The Labute approximate surface area is 330 Å². The van der Waals surface area contributed by atoms with Crippen LogP contribution in [0.25, 0.3) is 66.9 Å². The number of fused-ring (bicyclic) bond motifs is 6. The molecular formula is C51H35N5Si. The van der Waals surface area contributed by atoms with E-state index in [1.165, 1.54) is 20.7 Å². The third-order valence-electron chi connectivity index (χ3n) is 11.4. The van der Waals surface area contributed by atoms with E-state index in [9.17, 15) is 0 Å². The Morgan fingerprint density at radius 2 is 0.579 bits per heavy atom. The fourth-order valence-electron chi connectivity index (χ4n) is 8.89. The van der Waals surface area contributed by atoms with Crippen molar-refractivity contribution in [2.75, 3.05) is 0 Å². The van der Waals surface area contributed by atoms with Crippen LogP contribution in [0.3, 0.4) is 0 Å². The highest BCUT2D eigenvalue weighted by atomic mass is 28.3. The standard InChI is InChI=1S/C51H35N5Si/c1-4-18-37(19-5-1)57(38-20-6-2-7-21-38,39-22-8-3-9-23-39)40-34-32-36(33-35-40)49-52-50(55-45-28-14-10-24-41(45)42-25-11-15-29-46(42)55)54-51(53-49)56-47-30-16-12-26-43(47)44-27-13-17-31-48(44)56/h1-35H. The molecule has 11 rings (SSSR count). The average molecular weight is 746 g/mol. The molecule has 0 amide bonds. The first kappa shape index (κ1) is 33.0. The highest BCUT2D eigenvalue weighted by Crippen LogP contribution is 2.34. The van der Waals surface area contributed by atoms with Crippen molar-refractivity contribution in [3.05, 3.63) is 212 Å². The molecule has 0 aliphatic carbocycles. The van der Waals surface area contributed by atoms with E-state index >= 15 is 0 Å². The third kappa shape index (κ3) is 5.19. The van der Waals surface area contributed by atoms with Crippen LogP contribution in [0.2, 0.25) is 0 Å². The molecule has 0 spiro atoms. The van der Waals surface area contributed by atoms with E-state index in [4.69, 9.17) is 15.0 Å². The first-order valence-electron chi connectivity index (χ1n) is 19.3. The normalized spacial score (nSPS) is 11.9. The lowest BCUT2D eigenvalue weighted by Gasteiger charge is -2.34. The Bertz CT molecular complexity index is 2890. The zero-order valence-corrected chi connectivity index (χ0v) is 31.9. The molecule has 11 aromatic rings. The minimum absolute atomic E-state index is 0.569. The molecule has 0 atom stereocenters. The first-order chi connectivity index (χ1) is 28.3. The summed E-state index contributed by atoms with van der Waals surface area (Å²) in [5.74, 6) is 1.75. The Morgan fingerprint density at radius 3 is 0.930 bits per heavy atom. The molecule has 57 heavy (non-hydrogen) atoms. The predicted octanol–water partition coefficient (Wildman–Crippen LogP) is 9.11. The van der Waals surface area contributed by atoms with Crippen LogP contribution in [0, 0.1) is 0 Å². The maximum Gasteiger partial charge on any atom is 0.240 e. The Balaban J connectivity index is 1.17. The molecule has 0 unspecified atom stereocenters. The monoisotopic (exact) mass is 745 g/mol. The van der Waals surface area contributed by atoms with Gasteiger partial charge in [-0.2, -0.15) is 15.0 Å². The summed E-state index contributed by atoms with van der Waals surface area (Å²) >= 11 is 0. The van der Waals surface area contributed by atoms with Crippen LogP contribution in [0.5, 0.6) is 0 Å². The molecule has 0 aliphatic rings. The van der Waals surface area contributed by atoms with Gasteiger partial charge in [-0.3, -0.25) is 9.13 Å². The van der Waals surface area contributed by atoms with Crippen LogP contribution in [0.4, 0.5) is 0 Å². The van der Waals surface area contributed by atoms with Crippen molar-refractivity contribution in [1.29, 1.82) is 0 Å². The molecule has 0 fully saturated rings. The van der Waals surface area contributed by atoms with Crippen molar-refractivity contribution in [3.63, 3.8) is 0 Å². The molecule has 0 aliphatic heterocycles. The van der Waals surface area contributed by atoms with Gasteiger partial charge in [0.2, 0.25) is 11.9 Å². The van der Waals surface area contributed by atoms with Crippen molar-refractivity contribution in [1.82, 2.24) is 24.1 Å². The summed E-state index contributed by atoms with van der Waals surface area (Å²) in [5.41, 5.74) is 5.10. The van der Waals surface area contributed by atoms with E-state index in [-0.39, 0.29) is 0 Å². The van der Waals surface area contributed by atoms with Crippen LogP contribution in [-0.4, -0.2) is 32.2 Å². The lowest BCUT2D eigenvalue weighted by Crippen LogP contribution is -2.74. The minimum Gasteiger partial charge on any atom is -0.278 e. The van der Waals surface area contributed by atoms with Crippen LogP contribution >= 0.6 is 0 Å². The van der Waals surface area contributed by atoms with Gasteiger partial charge in [-0.15, -0.1) is 0 Å². The van der Waals surface area contributed by atoms with Crippen molar-refractivity contribution >= 4 is 72.4 Å². The van der Waals surface area contributed by atoms with Gasteiger partial charge in [-0.1, -0.05) is 188 Å². The number of hydrogen-bond acceptors (Lipinski definition) is 3. The minimum atomic E-state index is -2.72. The molecule has 0 saturated heterocycles. The summed E-state index contributed by atoms with van der Waals surface area (Å²) < 4.78 is 4.36. The number of hydrogen-bond donors (Lipinski definition) is 0. The van der Waals surface area contributed by atoms with Gasteiger partial charge in [0, 0.05) is 27.1 Å². The Kier molecular flexibility index (Phi) is 7.76. The second kappa shape index (κ2) is 13.4. The second-order valence-corrected chi connectivity index (χ2v) is 18.2. The smallest absolute Gasteiger partial charge is 0.240 e. The van der Waals surface area contributed by atoms with E-state index in [0.717, 1.165) is 49.2 Å². The third-order valence-corrected chi connectivity index (χ3v) is 16.2. The van der Waals surface area contributed by atoms with Crippen molar-refractivity contribution in [3.8, 4) is 23.3 Å². The molecule has 0 bridgehead atoms. The van der Waals surface area contributed by atoms with Crippen LogP contribution < -0.4 is 20.7 Å². The van der Waals surface area contributed by atoms with E-state index in [2.05, 4.69) is 221 Å². The van der Waals surface area contributed by atoms with Gasteiger partial charge in [-0.05, 0) is 45.0 Å². The number of benzene rings is 8. The van der Waals surface area contributed by atoms with Gasteiger partial charge < -0.3 is 0 Å². The van der Waals surface area contributed by atoms with Crippen LogP contribution in [0.1, 0.15) is 0 Å². The molecule has 3 heterocycles. The molecule has 0 radical (unpaired) electrons. The van der Waals surface area contributed by atoms with Gasteiger partial charge in [-0.25, -0.2) is 0 Å². The molecule has 5 nitrogen and oxygen atoms in total. The summed E-state index contributed by atoms with van der Waals surface area (Å²) in [7, 11) is -2.72. The van der Waals surface area contributed by atoms with E-state index in [1.807, 2.05) is 0 Å². The van der Waals surface area contributed by atoms with Crippen LogP contribution in [0.15, 0.2) is 212 Å². The summed E-state index contributed by atoms with van der Waals surface area (Å²) in [5, 5.41) is 9.90.